The van der Waals surface area contributed by atoms with Gasteiger partial charge in [-0.3, -0.25) is 0 Å². The van der Waals surface area contributed by atoms with Gasteiger partial charge in [-0.25, -0.2) is 9.97 Å². The van der Waals surface area contributed by atoms with Crippen molar-refractivity contribution in [2.75, 3.05) is 7.11 Å². The van der Waals surface area contributed by atoms with Crippen molar-refractivity contribution in [1.82, 2.24) is 19.1 Å². The number of aryl methyl sites for hydroxylation is 2. The van der Waals surface area contributed by atoms with Crippen molar-refractivity contribution in [1.29, 1.82) is 0 Å². The fourth-order valence-corrected chi connectivity index (χ4v) is 3.12. The van der Waals surface area contributed by atoms with E-state index in [1.54, 1.807) is 13.4 Å². The molecule has 5 nitrogen and oxygen atoms in total. The Labute approximate surface area is 164 Å². The lowest BCUT2D eigenvalue weighted by atomic mass is 10.1. The minimum atomic E-state index is 0.796. The molecule has 0 bridgehead atoms. The quantitative estimate of drug-likeness (QED) is 0.509. The van der Waals surface area contributed by atoms with E-state index in [2.05, 4.69) is 23.2 Å². The summed E-state index contributed by atoms with van der Waals surface area (Å²) in [6.45, 7) is 1.97. The molecule has 5 heteroatoms. The van der Waals surface area contributed by atoms with Crippen LogP contribution in [0.3, 0.4) is 0 Å². The highest BCUT2D eigenvalue weighted by atomic mass is 16.5. The minimum Gasteiger partial charge on any atom is -0.495 e. The molecule has 0 saturated heterocycles. The Kier molecular flexibility index (Phi) is 4.81. The van der Waals surface area contributed by atoms with E-state index >= 15 is 0 Å². The molecular weight excluding hydrogens is 348 g/mol. The molecule has 0 saturated carbocycles. The van der Waals surface area contributed by atoms with Gasteiger partial charge in [0.05, 0.1) is 30.5 Å². The van der Waals surface area contributed by atoms with Crippen LogP contribution in [-0.2, 0) is 7.05 Å². The van der Waals surface area contributed by atoms with E-state index in [9.17, 15) is 0 Å². The van der Waals surface area contributed by atoms with Gasteiger partial charge in [-0.15, -0.1) is 0 Å². The fraction of sp³-hybridized carbons (Fsp3) is 0.130. The van der Waals surface area contributed by atoms with E-state index in [0.717, 1.165) is 39.8 Å². The third kappa shape index (κ3) is 3.60. The van der Waals surface area contributed by atoms with Gasteiger partial charge in [-0.05, 0) is 30.7 Å². The molecule has 0 aliphatic rings. The zero-order valence-corrected chi connectivity index (χ0v) is 16.2. The highest BCUT2D eigenvalue weighted by Crippen LogP contribution is 2.26. The molecule has 4 rings (SSSR count). The Morgan fingerprint density at radius 1 is 1.00 bits per heavy atom. The average Bonchev–Trinajstić information content (AvgIpc) is 3.32. The molecule has 0 atom stereocenters. The summed E-state index contributed by atoms with van der Waals surface area (Å²) in [4.78, 5) is 9.02. The second-order valence-corrected chi connectivity index (χ2v) is 6.65. The first-order valence-corrected chi connectivity index (χ1v) is 9.10. The van der Waals surface area contributed by atoms with Crippen LogP contribution in [0.15, 0.2) is 67.3 Å². The van der Waals surface area contributed by atoms with Crippen LogP contribution in [0.4, 0.5) is 0 Å². The lowest BCUT2D eigenvalue weighted by Crippen LogP contribution is -1.96. The molecule has 2 heterocycles. The molecule has 28 heavy (non-hydrogen) atoms. The molecule has 0 fully saturated rings. The molecular formula is C23H22N4O. The maximum Gasteiger partial charge on any atom is 0.143 e. The monoisotopic (exact) mass is 370 g/mol. The third-order valence-electron chi connectivity index (χ3n) is 4.60. The van der Waals surface area contributed by atoms with Crippen molar-refractivity contribution < 1.29 is 4.74 Å². The second kappa shape index (κ2) is 7.56. The number of benzene rings is 2. The van der Waals surface area contributed by atoms with Gasteiger partial charge in [0, 0.05) is 25.0 Å². The number of ether oxygens (including phenoxy) is 1. The van der Waals surface area contributed by atoms with Gasteiger partial charge in [-0.2, -0.15) is 0 Å². The van der Waals surface area contributed by atoms with Gasteiger partial charge < -0.3 is 13.9 Å². The number of hydrogen-bond acceptors (Lipinski definition) is 3. The summed E-state index contributed by atoms with van der Waals surface area (Å²) in [6, 6.07) is 16.3. The number of rotatable bonds is 5. The maximum atomic E-state index is 5.58. The lowest BCUT2D eigenvalue weighted by Gasteiger charge is -2.10. The van der Waals surface area contributed by atoms with Crippen molar-refractivity contribution in [3.05, 3.63) is 84.3 Å². The van der Waals surface area contributed by atoms with Crippen molar-refractivity contribution in [2.45, 2.75) is 6.92 Å². The molecule has 0 amide bonds. The van der Waals surface area contributed by atoms with Crippen LogP contribution in [0.2, 0.25) is 0 Å². The first-order valence-electron chi connectivity index (χ1n) is 9.10. The number of aromatic nitrogens is 4. The Morgan fingerprint density at radius 3 is 2.54 bits per heavy atom. The molecule has 140 valence electrons. The number of imidazole rings is 2. The second-order valence-electron chi connectivity index (χ2n) is 6.65. The van der Waals surface area contributed by atoms with Crippen molar-refractivity contribution >= 4 is 12.2 Å². The fourth-order valence-electron chi connectivity index (χ4n) is 3.12. The highest BCUT2D eigenvalue weighted by Gasteiger charge is 2.07. The maximum absolute atomic E-state index is 5.58. The lowest BCUT2D eigenvalue weighted by molar-refractivity contribution is 0.413. The average molecular weight is 370 g/mol. The van der Waals surface area contributed by atoms with E-state index in [0.29, 0.717) is 0 Å². The van der Waals surface area contributed by atoms with Gasteiger partial charge in [0.15, 0.2) is 0 Å². The van der Waals surface area contributed by atoms with Crippen molar-refractivity contribution in [3.63, 3.8) is 0 Å². The zero-order chi connectivity index (χ0) is 19.5. The van der Waals surface area contributed by atoms with Crippen LogP contribution < -0.4 is 4.74 Å². The SMILES string of the molecule is COc1cc(/C=C/c2nc(-c3ccccc3)cn2C)ccc1-n1cnc(C)c1. The summed E-state index contributed by atoms with van der Waals surface area (Å²) in [5.74, 6) is 1.69. The number of methoxy groups -OCH3 is 1. The Bertz CT molecular complexity index is 1120. The predicted molar refractivity (Wildman–Crippen MR) is 112 cm³/mol. The normalized spacial score (nSPS) is 11.2. The van der Waals surface area contributed by atoms with Gasteiger partial charge in [-0.1, -0.05) is 42.5 Å². The van der Waals surface area contributed by atoms with Crippen molar-refractivity contribution in [2.24, 2.45) is 7.05 Å². The predicted octanol–water partition coefficient (Wildman–Crippen LogP) is 4.76. The van der Waals surface area contributed by atoms with Crippen LogP contribution in [0.25, 0.3) is 29.1 Å². The van der Waals surface area contributed by atoms with E-state index in [1.807, 2.05) is 78.0 Å². The minimum absolute atomic E-state index is 0.796. The topological polar surface area (TPSA) is 44.9 Å². The van der Waals surface area contributed by atoms with Crippen LogP contribution >= 0.6 is 0 Å². The van der Waals surface area contributed by atoms with E-state index < -0.39 is 0 Å². The first kappa shape index (κ1) is 17.8. The van der Waals surface area contributed by atoms with E-state index in [1.165, 1.54) is 0 Å². The van der Waals surface area contributed by atoms with Crippen LogP contribution in [0.1, 0.15) is 17.1 Å². The molecule has 0 aliphatic carbocycles. The van der Waals surface area contributed by atoms with Gasteiger partial charge in [0.1, 0.15) is 11.6 Å². The molecule has 4 aromatic rings. The Morgan fingerprint density at radius 2 is 1.82 bits per heavy atom. The van der Waals surface area contributed by atoms with Gasteiger partial charge >= 0.3 is 0 Å². The molecule has 2 aromatic heterocycles. The third-order valence-corrected chi connectivity index (χ3v) is 4.60. The molecule has 0 spiro atoms. The zero-order valence-electron chi connectivity index (χ0n) is 16.2. The first-order chi connectivity index (χ1) is 13.6. The van der Waals surface area contributed by atoms with Crippen LogP contribution in [-0.4, -0.2) is 26.2 Å². The number of hydrogen-bond donors (Lipinski definition) is 0. The molecule has 0 unspecified atom stereocenters. The largest absolute Gasteiger partial charge is 0.495 e. The van der Waals surface area contributed by atoms with E-state index in [-0.39, 0.29) is 0 Å². The number of nitrogens with zero attached hydrogens (tertiary/aromatic N) is 4. The standard InChI is InChI=1S/C23H22N4O/c1-17-14-27(16-24-17)21-11-9-18(13-22(21)28-3)10-12-23-25-20(15-26(23)2)19-7-5-4-6-8-19/h4-16H,1-3H3/b12-10+. The van der Waals surface area contributed by atoms with Crippen molar-refractivity contribution in [3.8, 4) is 22.7 Å². The van der Waals surface area contributed by atoms with Crippen LogP contribution in [0, 0.1) is 6.92 Å². The molecule has 0 aliphatic heterocycles. The Balaban J connectivity index is 1.61. The summed E-state index contributed by atoms with van der Waals surface area (Å²) in [6.07, 6.45) is 9.87. The highest BCUT2D eigenvalue weighted by molar-refractivity contribution is 5.71. The van der Waals surface area contributed by atoms with Gasteiger partial charge in [0.2, 0.25) is 0 Å². The summed E-state index contributed by atoms with van der Waals surface area (Å²) >= 11 is 0. The Hall–Kier alpha value is -3.60. The molecule has 0 radical (unpaired) electrons. The summed E-state index contributed by atoms with van der Waals surface area (Å²) in [5, 5.41) is 0. The smallest absolute Gasteiger partial charge is 0.143 e. The summed E-state index contributed by atoms with van der Waals surface area (Å²) < 4.78 is 9.58. The molecule has 2 aromatic carbocycles. The molecule has 0 N–H and O–H groups in total. The summed E-state index contributed by atoms with van der Waals surface area (Å²) in [5.41, 5.74) is 5.05. The van der Waals surface area contributed by atoms with Crippen LogP contribution in [0.5, 0.6) is 5.75 Å². The summed E-state index contributed by atoms with van der Waals surface area (Å²) in [7, 11) is 3.69. The van der Waals surface area contributed by atoms with E-state index in [4.69, 9.17) is 9.72 Å². The van der Waals surface area contributed by atoms with Gasteiger partial charge in [0.25, 0.3) is 0 Å².